The fourth-order valence-corrected chi connectivity index (χ4v) is 2.90. The lowest BCUT2D eigenvalue weighted by Gasteiger charge is -2.25. The highest BCUT2D eigenvalue weighted by Crippen LogP contribution is 2.34. The second-order valence-corrected chi connectivity index (χ2v) is 5.40. The molecule has 2 aromatic rings. The first-order valence-corrected chi connectivity index (χ1v) is 7.39. The predicted octanol–water partition coefficient (Wildman–Crippen LogP) is 3.06. The van der Waals surface area contributed by atoms with Gasteiger partial charge in [-0.2, -0.15) is 0 Å². The van der Waals surface area contributed by atoms with E-state index in [0.29, 0.717) is 6.42 Å². The molecule has 21 heavy (non-hydrogen) atoms. The third-order valence-electron chi connectivity index (χ3n) is 4.03. The highest BCUT2D eigenvalue weighted by Gasteiger charge is 2.23. The SMILES string of the molecule is CNC(=O)Cc1ccccc1NC1CCCc2occc21. The van der Waals surface area contributed by atoms with Gasteiger partial charge in [0.05, 0.1) is 18.7 Å². The second-order valence-electron chi connectivity index (χ2n) is 5.40. The van der Waals surface area contributed by atoms with Crippen LogP contribution < -0.4 is 10.6 Å². The number of amides is 1. The van der Waals surface area contributed by atoms with Gasteiger partial charge in [0.25, 0.3) is 0 Å². The largest absolute Gasteiger partial charge is 0.469 e. The van der Waals surface area contributed by atoms with Crippen molar-refractivity contribution >= 4 is 11.6 Å². The molecule has 1 aliphatic rings. The summed E-state index contributed by atoms with van der Waals surface area (Å²) in [6, 6.07) is 10.3. The van der Waals surface area contributed by atoms with Crippen molar-refractivity contribution in [1.29, 1.82) is 0 Å². The number of nitrogens with one attached hydrogen (secondary N) is 2. The molecule has 1 aromatic heterocycles. The van der Waals surface area contributed by atoms with Gasteiger partial charge in [-0.3, -0.25) is 4.79 Å². The van der Waals surface area contributed by atoms with Gasteiger partial charge in [0.1, 0.15) is 5.76 Å². The minimum absolute atomic E-state index is 0.0249. The Balaban J connectivity index is 1.81. The summed E-state index contributed by atoms with van der Waals surface area (Å²) in [6.45, 7) is 0. The quantitative estimate of drug-likeness (QED) is 0.907. The van der Waals surface area contributed by atoms with Crippen LogP contribution in [0.25, 0.3) is 0 Å². The number of carbonyl (C=O) groups is 1. The van der Waals surface area contributed by atoms with Gasteiger partial charge in [-0.25, -0.2) is 0 Å². The summed E-state index contributed by atoms with van der Waals surface area (Å²) in [4.78, 5) is 11.6. The highest BCUT2D eigenvalue weighted by atomic mass is 16.3. The maximum Gasteiger partial charge on any atom is 0.224 e. The van der Waals surface area contributed by atoms with Crippen LogP contribution in [0.15, 0.2) is 41.0 Å². The molecular formula is C17H20N2O2. The summed E-state index contributed by atoms with van der Waals surface area (Å²) in [5, 5.41) is 6.26. The van der Waals surface area contributed by atoms with E-state index in [1.165, 1.54) is 5.56 Å². The van der Waals surface area contributed by atoms with E-state index in [0.717, 1.165) is 36.3 Å². The molecule has 0 saturated heterocycles. The Morgan fingerprint density at radius 1 is 1.33 bits per heavy atom. The number of carbonyl (C=O) groups excluding carboxylic acids is 1. The van der Waals surface area contributed by atoms with Crippen molar-refractivity contribution in [1.82, 2.24) is 5.32 Å². The number of fused-ring (bicyclic) bond motifs is 1. The van der Waals surface area contributed by atoms with Gasteiger partial charge in [-0.1, -0.05) is 18.2 Å². The molecule has 2 N–H and O–H groups in total. The molecule has 0 fully saturated rings. The topological polar surface area (TPSA) is 54.3 Å². The van der Waals surface area contributed by atoms with Crippen molar-refractivity contribution in [3.8, 4) is 0 Å². The Kier molecular flexibility index (Phi) is 3.95. The number of benzene rings is 1. The first-order chi connectivity index (χ1) is 10.3. The van der Waals surface area contributed by atoms with Crippen molar-refractivity contribution in [2.45, 2.75) is 31.7 Å². The van der Waals surface area contributed by atoms with E-state index in [9.17, 15) is 4.79 Å². The van der Waals surface area contributed by atoms with Crippen LogP contribution in [-0.2, 0) is 17.6 Å². The van der Waals surface area contributed by atoms with Crippen LogP contribution in [0.3, 0.4) is 0 Å². The monoisotopic (exact) mass is 284 g/mol. The number of aryl methyl sites for hydroxylation is 1. The summed E-state index contributed by atoms with van der Waals surface area (Å²) >= 11 is 0. The zero-order valence-electron chi connectivity index (χ0n) is 12.2. The minimum atomic E-state index is 0.0249. The molecule has 1 unspecified atom stereocenters. The van der Waals surface area contributed by atoms with Crippen molar-refractivity contribution in [3.63, 3.8) is 0 Å². The Hall–Kier alpha value is -2.23. The molecule has 1 aromatic carbocycles. The van der Waals surface area contributed by atoms with Crippen LogP contribution >= 0.6 is 0 Å². The van der Waals surface area contributed by atoms with E-state index in [1.54, 1.807) is 13.3 Å². The van der Waals surface area contributed by atoms with Crippen LogP contribution in [0.5, 0.6) is 0 Å². The van der Waals surface area contributed by atoms with Crippen molar-refractivity contribution in [2.24, 2.45) is 0 Å². The molecule has 1 aliphatic carbocycles. The normalized spacial score (nSPS) is 17.1. The maximum absolute atomic E-state index is 11.6. The van der Waals surface area contributed by atoms with Crippen LogP contribution in [0.1, 0.15) is 35.8 Å². The lowest BCUT2D eigenvalue weighted by molar-refractivity contribution is -0.119. The average molecular weight is 284 g/mol. The Labute approximate surface area is 124 Å². The van der Waals surface area contributed by atoms with Gasteiger partial charge in [-0.05, 0) is 30.5 Å². The van der Waals surface area contributed by atoms with Crippen LogP contribution in [0, 0.1) is 0 Å². The van der Waals surface area contributed by atoms with E-state index >= 15 is 0 Å². The summed E-state index contributed by atoms with van der Waals surface area (Å²) < 4.78 is 5.53. The molecule has 1 amide bonds. The van der Waals surface area contributed by atoms with Gasteiger partial charge in [0.15, 0.2) is 0 Å². The molecule has 4 heteroatoms. The molecule has 4 nitrogen and oxygen atoms in total. The molecule has 0 bridgehead atoms. The van der Waals surface area contributed by atoms with E-state index in [-0.39, 0.29) is 11.9 Å². The first-order valence-electron chi connectivity index (χ1n) is 7.39. The lowest BCUT2D eigenvalue weighted by atomic mass is 9.93. The minimum Gasteiger partial charge on any atom is -0.469 e. The molecule has 0 spiro atoms. The molecule has 0 saturated carbocycles. The molecule has 0 aliphatic heterocycles. The van der Waals surface area contributed by atoms with Crippen LogP contribution in [0.4, 0.5) is 5.69 Å². The third-order valence-corrected chi connectivity index (χ3v) is 4.03. The van der Waals surface area contributed by atoms with Gasteiger partial charge in [0.2, 0.25) is 5.91 Å². The maximum atomic E-state index is 11.6. The Morgan fingerprint density at radius 3 is 3.05 bits per heavy atom. The number of hydrogen-bond acceptors (Lipinski definition) is 3. The number of hydrogen-bond donors (Lipinski definition) is 2. The van der Waals surface area contributed by atoms with Crippen LogP contribution in [0.2, 0.25) is 0 Å². The standard InChI is InChI=1S/C17H20N2O2/c1-18-17(20)11-12-5-2-3-6-14(12)19-15-7-4-8-16-13(15)9-10-21-16/h2-3,5-6,9-10,15,19H,4,7-8,11H2,1H3,(H,18,20). The smallest absolute Gasteiger partial charge is 0.224 e. The van der Waals surface area contributed by atoms with Gasteiger partial charge < -0.3 is 15.1 Å². The van der Waals surface area contributed by atoms with E-state index < -0.39 is 0 Å². The van der Waals surface area contributed by atoms with Gasteiger partial charge in [0, 0.05) is 24.7 Å². The summed E-state index contributed by atoms with van der Waals surface area (Å²) in [7, 11) is 1.66. The van der Waals surface area contributed by atoms with Gasteiger partial charge in [-0.15, -0.1) is 0 Å². The number of para-hydroxylation sites is 1. The zero-order chi connectivity index (χ0) is 14.7. The summed E-state index contributed by atoms with van der Waals surface area (Å²) in [5.41, 5.74) is 3.30. The zero-order valence-corrected chi connectivity index (χ0v) is 12.2. The molecule has 0 radical (unpaired) electrons. The molecular weight excluding hydrogens is 264 g/mol. The number of anilines is 1. The summed E-state index contributed by atoms with van der Waals surface area (Å²) in [6.07, 6.45) is 5.38. The van der Waals surface area contributed by atoms with Crippen molar-refractivity contribution < 1.29 is 9.21 Å². The Morgan fingerprint density at radius 2 is 2.19 bits per heavy atom. The number of rotatable bonds is 4. The fraction of sp³-hybridized carbons (Fsp3) is 0.353. The van der Waals surface area contributed by atoms with E-state index in [1.807, 2.05) is 30.3 Å². The average Bonchev–Trinajstić information content (AvgIpc) is 2.98. The highest BCUT2D eigenvalue weighted by molar-refractivity contribution is 5.80. The fourth-order valence-electron chi connectivity index (χ4n) is 2.90. The third kappa shape index (κ3) is 2.94. The predicted molar refractivity (Wildman–Crippen MR) is 82.2 cm³/mol. The van der Waals surface area contributed by atoms with Gasteiger partial charge >= 0.3 is 0 Å². The van der Waals surface area contributed by atoms with Crippen molar-refractivity contribution in [2.75, 3.05) is 12.4 Å². The molecule has 1 heterocycles. The molecule has 1 atom stereocenters. The number of likely N-dealkylation sites (N-methyl/N-ethyl adjacent to an activating group) is 1. The van der Waals surface area contributed by atoms with Crippen molar-refractivity contribution in [3.05, 3.63) is 53.5 Å². The second kappa shape index (κ2) is 6.04. The number of furan rings is 1. The molecule has 110 valence electrons. The lowest BCUT2D eigenvalue weighted by Crippen LogP contribution is -2.21. The van der Waals surface area contributed by atoms with Crippen LogP contribution in [-0.4, -0.2) is 13.0 Å². The first kappa shape index (κ1) is 13.7. The molecule has 3 rings (SSSR count). The van der Waals surface area contributed by atoms with E-state index in [4.69, 9.17) is 4.42 Å². The van der Waals surface area contributed by atoms with E-state index in [2.05, 4.69) is 10.6 Å². The Bertz CT molecular complexity index is 633. The summed E-state index contributed by atoms with van der Waals surface area (Å²) in [5.74, 6) is 1.11.